The minimum absolute atomic E-state index is 0.0134. The van der Waals surface area contributed by atoms with Crippen LogP contribution in [0.3, 0.4) is 0 Å². The number of H-pyrrole nitrogens is 1. The summed E-state index contributed by atoms with van der Waals surface area (Å²) in [6, 6.07) is 10.4. The summed E-state index contributed by atoms with van der Waals surface area (Å²) >= 11 is 0. The van der Waals surface area contributed by atoms with Crippen molar-refractivity contribution in [3.8, 4) is 0 Å². The zero-order valence-electron chi connectivity index (χ0n) is 14.7. The average molecular weight is 373 g/mol. The second kappa shape index (κ2) is 6.86. The molecular weight excluding hydrogens is 350 g/mol. The molecule has 2 aromatic heterocycles. The summed E-state index contributed by atoms with van der Waals surface area (Å²) in [5.74, 6) is 0.0882. The van der Waals surface area contributed by atoms with Gasteiger partial charge in [0.25, 0.3) is 0 Å². The van der Waals surface area contributed by atoms with E-state index in [4.69, 9.17) is 0 Å². The summed E-state index contributed by atoms with van der Waals surface area (Å²) in [6.45, 7) is 4.37. The van der Waals surface area contributed by atoms with E-state index in [0.29, 0.717) is 6.54 Å². The third-order valence-electron chi connectivity index (χ3n) is 4.95. The van der Waals surface area contributed by atoms with Gasteiger partial charge in [-0.25, -0.2) is 13.1 Å². The Hall–Kier alpha value is -2.16. The van der Waals surface area contributed by atoms with Gasteiger partial charge < -0.3 is 4.98 Å². The van der Waals surface area contributed by atoms with Gasteiger partial charge in [0.05, 0.1) is 17.5 Å². The Balaban J connectivity index is 1.54. The van der Waals surface area contributed by atoms with E-state index in [1.807, 2.05) is 16.9 Å². The monoisotopic (exact) mass is 373 g/mol. The summed E-state index contributed by atoms with van der Waals surface area (Å²) in [6.07, 6.45) is 3.74. The van der Waals surface area contributed by atoms with Crippen LogP contribution in [-0.2, 0) is 23.1 Å². The number of nitrogens with zero attached hydrogens (tertiary/aromatic N) is 3. The second-order valence-electron chi connectivity index (χ2n) is 6.70. The summed E-state index contributed by atoms with van der Waals surface area (Å²) in [7, 11) is -3.22. The van der Waals surface area contributed by atoms with Crippen molar-refractivity contribution in [1.82, 2.24) is 24.4 Å². The van der Waals surface area contributed by atoms with Crippen LogP contribution in [0.5, 0.6) is 0 Å². The van der Waals surface area contributed by atoms with E-state index in [0.717, 1.165) is 30.8 Å². The lowest BCUT2D eigenvalue weighted by molar-refractivity contribution is 0.168. The first-order chi connectivity index (χ1) is 12.6. The molecule has 0 amide bonds. The molecule has 138 valence electrons. The highest BCUT2D eigenvalue weighted by Gasteiger charge is 2.26. The maximum Gasteiger partial charge on any atom is 0.211 e. The SMILES string of the molecule is CCS(=O)(=O)NCC1CN(Cc2cccc3[nH]ccc23)Cc2ccnn21. The van der Waals surface area contributed by atoms with Crippen molar-refractivity contribution >= 4 is 20.9 Å². The lowest BCUT2D eigenvalue weighted by Crippen LogP contribution is -2.42. The highest BCUT2D eigenvalue weighted by atomic mass is 32.2. The van der Waals surface area contributed by atoms with Crippen LogP contribution in [0, 0.1) is 0 Å². The van der Waals surface area contributed by atoms with E-state index in [2.05, 4.69) is 44.0 Å². The molecule has 7 nitrogen and oxygen atoms in total. The first-order valence-corrected chi connectivity index (χ1v) is 10.5. The van der Waals surface area contributed by atoms with Crippen LogP contribution in [-0.4, -0.2) is 46.9 Å². The number of nitrogens with one attached hydrogen (secondary N) is 2. The average Bonchev–Trinajstić information content (AvgIpc) is 3.29. The molecule has 3 aromatic rings. The molecule has 0 bridgehead atoms. The molecule has 26 heavy (non-hydrogen) atoms. The van der Waals surface area contributed by atoms with Crippen LogP contribution in [0.2, 0.25) is 0 Å². The topological polar surface area (TPSA) is 83.0 Å². The molecule has 0 fully saturated rings. The van der Waals surface area contributed by atoms with Gasteiger partial charge in [0.2, 0.25) is 10.0 Å². The fraction of sp³-hybridized carbons (Fsp3) is 0.389. The van der Waals surface area contributed by atoms with E-state index >= 15 is 0 Å². The first-order valence-electron chi connectivity index (χ1n) is 8.83. The van der Waals surface area contributed by atoms with Crippen LogP contribution >= 0.6 is 0 Å². The summed E-state index contributed by atoms with van der Waals surface area (Å²) in [4.78, 5) is 5.60. The summed E-state index contributed by atoms with van der Waals surface area (Å²) < 4.78 is 28.3. The third kappa shape index (κ3) is 3.40. The molecule has 3 heterocycles. The molecule has 1 aliphatic heterocycles. The molecule has 0 saturated heterocycles. The number of aromatic nitrogens is 3. The van der Waals surface area contributed by atoms with Crippen molar-refractivity contribution in [3.05, 3.63) is 54.0 Å². The number of rotatable bonds is 6. The van der Waals surface area contributed by atoms with E-state index in [-0.39, 0.29) is 11.8 Å². The molecular formula is C18H23N5O2S. The number of hydrogen-bond acceptors (Lipinski definition) is 4. The summed E-state index contributed by atoms with van der Waals surface area (Å²) in [5, 5.41) is 5.63. The number of fused-ring (bicyclic) bond motifs is 2. The van der Waals surface area contributed by atoms with E-state index in [1.165, 1.54) is 10.9 Å². The van der Waals surface area contributed by atoms with Crippen LogP contribution in [0.15, 0.2) is 42.7 Å². The fourth-order valence-corrected chi connectivity index (χ4v) is 4.24. The predicted octanol–water partition coefficient (Wildman–Crippen LogP) is 1.86. The molecule has 0 aliphatic carbocycles. The molecule has 0 radical (unpaired) electrons. The number of sulfonamides is 1. The predicted molar refractivity (Wildman–Crippen MR) is 101 cm³/mol. The standard InChI is InChI=1S/C18H23N5O2S/c1-2-26(24,25)21-10-16-13-22(12-15-6-9-20-23(15)16)11-14-4-3-5-18-17(14)7-8-19-18/h3-9,16,19,21H,2,10-13H2,1H3. The minimum Gasteiger partial charge on any atom is -0.361 e. The van der Waals surface area contributed by atoms with Gasteiger partial charge >= 0.3 is 0 Å². The smallest absolute Gasteiger partial charge is 0.211 e. The molecule has 0 saturated carbocycles. The third-order valence-corrected chi connectivity index (χ3v) is 6.32. The zero-order valence-corrected chi connectivity index (χ0v) is 15.5. The van der Waals surface area contributed by atoms with Crippen molar-refractivity contribution in [2.75, 3.05) is 18.8 Å². The lowest BCUT2D eigenvalue weighted by atomic mass is 10.1. The molecule has 4 rings (SSSR count). The second-order valence-corrected chi connectivity index (χ2v) is 8.79. The Morgan fingerprint density at radius 2 is 2.19 bits per heavy atom. The molecule has 1 unspecified atom stereocenters. The molecule has 1 aromatic carbocycles. The maximum atomic E-state index is 11.8. The Bertz CT molecular complexity index is 1010. The van der Waals surface area contributed by atoms with Crippen LogP contribution in [0.1, 0.15) is 24.2 Å². The van der Waals surface area contributed by atoms with Crippen LogP contribution < -0.4 is 4.72 Å². The van der Waals surface area contributed by atoms with Gasteiger partial charge in [0.15, 0.2) is 0 Å². The normalized spacial score (nSPS) is 18.3. The fourth-order valence-electron chi connectivity index (χ4n) is 3.59. The van der Waals surface area contributed by atoms with E-state index in [1.54, 1.807) is 13.1 Å². The van der Waals surface area contributed by atoms with Gasteiger partial charge in [-0.1, -0.05) is 12.1 Å². The van der Waals surface area contributed by atoms with Gasteiger partial charge in [-0.05, 0) is 30.7 Å². The maximum absolute atomic E-state index is 11.8. The van der Waals surface area contributed by atoms with Crippen molar-refractivity contribution in [2.45, 2.75) is 26.1 Å². The van der Waals surface area contributed by atoms with E-state index in [9.17, 15) is 8.42 Å². The van der Waals surface area contributed by atoms with E-state index < -0.39 is 10.0 Å². The first kappa shape index (κ1) is 17.3. The van der Waals surface area contributed by atoms with Gasteiger partial charge in [-0.3, -0.25) is 9.58 Å². The number of hydrogen-bond donors (Lipinski definition) is 2. The number of aromatic amines is 1. The number of benzene rings is 1. The molecule has 1 atom stereocenters. The molecule has 2 N–H and O–H groups in total. The molecule has 8 heteroatoms. The summed E-state index contributed by atoms with van der Waals surface area (Å²) in [5.41, 5.74) is 3.51. The van der Waals surface area contributed by atoms with Crippen molar-refractivity contribution < 1.29 is 8.42 Å². The minimum atomic E-state index is -3.22. The van der Waals surface area contributed by atoms with Crippen molar-refractivity contribution in [2.24, 2.45) is 0 Å². The largest absolute Gasteiger partial charge is 0.361 e. The van der Waals surface area contributed by atoms with Crippen LogP contribution in [0.4, 0.5) is 0 Å². The Morgan fingerprint density at radius 3 is 3.04 bits per heavy atom. The quantitative estimate of drug-likeness (QED) is 0.691. The van der Waals surface area contributed by atoms with Crippen molar-refractivity contribution in [1.29, 1.82) is 0 Å². The highest BCUT2D eigenvalue weighted by molar-refractivity contribution is 7.89. The van der Waals surface area contributed by atoms with Crippen molar-refractivity contribution in [3.63, 3.8) is 0 Å². The Labute approximate surface area is 153 Å². The lowest BCUT2D eigenvalue weighted by Gasteiger charge is -2.34. The Kier molecular flexibility index (Phi) is 4.56. The highest BCUT2D eigenvalue weighted by Crippen LogP contribution is 2.24. The zero-order chi connectivity index (χ0) is 18.1. The van der Waals surface area contributed by atoms with Gasteiger partial charge in [-0.15, -0.1) is 0 Å². The van der Waals surface area contributed by atoms with Gasteiger partial charge in [0, 0.05) is 49.5 Å². The van der Waals surface area contributed by atoms with Gasteiger partial charge in [-0.2, -0.15) is 5.10 Å². The molecule has 0 spiro atoms. The van der Waals surface area contributed by atoms with Gasteiger partial charge in [0.1, 0.15) is 0 Å². The molecule has 1 aliphatic rings. The van der Waals surface area contributed by atoms with Crippen LogP contribution in [0.25, 0.3) is 10.9 Å². The Morgan fingerprint density at radius 1 is 1.31 bits per heavy atom.